The van der Waals surface area contributed by atoms with Crippen molar-refractivity contribution < 1.29 is 9.90 Å². The van der Waals surface area contributed by atoms with Gasteiger partial charge in [-0.05, 0) is 50.9 Å². The van der Waals surface area contributed by atoms with Gasteiger partial charge in [-0.1, -0.05) is 23.8 Å². The second-order valence-corrected chi connectivity index (χ2v) is 5.32. The van der Waals surface area contributed by atoms with E-state index in [1.807, 2.05) is 0 Å². The Morgan fingerprint density at radius 1 is 1.33 bits per heavy atom. The fraction of sp³-hybridized carbons (Fsp3) is 0.533. The third-order valence-electron chi connectivity index (χ3n) is 3.84. The molecule has 1 aliphatic heterocycles. The molecule has 2 rings (SSSR count). The number of piperidine rings is 1. The zero-order valence-corrected chi connectivity index (χ0v) is 11.1. The van der Waals surface area contributed by atoms with Gasteiger partial charge in [0.05, 0.1) is 5.92 Å². The maximum Gasteiger partial charge on any atom is 0.306 e. The quantitative estimate of drug-likeness (QED) is 0.892. The highest BCUT2D eigenvalue weighted by atomic mass is 16.4. The molecule has 18 heavy (non-hydrogen) atoms. The molecule has 0 amide bonds. The van der Waals surface area contributed by atoms with Crippen molar-refractivity contribution in [1.82, 2.24) is 4.90 Å². The summed E-state index contributed by atoms with van der Waals surface area (Å²) in [4.78, 5) is 13.3. The summed E-state index contributed by atoms with van der Waals surface area (Å²) in [6.45, 7) is 6.98. The minimum atomic E-state index is -0.638. The van der Waals surface area contributed by atoms with Gasteiger partial charge in [-0.15, -0.1) is 0 Å². The summed E-state index contributed by atoms with van der Waals surface area (Å²) in [5, 5.41) is 8.98. The molecule has 0 radical (unpaired) electrons. The maximum atomic E-state index is 10.9. The van der Waals surface area contributed by atoms with Gasteiger partial charge in [-0.2, -0.15) is 0 Å². The molecule has 1 heterocycles. The highest BCUT2D eigenvalue weighted by Crippen LogP contribution is 2.20. The Morgan fingerprint density at radius 2 is 2.00 bits per heavy atom. The fourth-order valence-electron chi connectivity index (χ4n) is 2.55. The molecular formula is C15H21NO2. The summed E-state index contributed by atoms with van der Waals surface area (Å²) in [7, 11) is 0. The first-order chi connectivity index (χ1) is 8.56. The number of carboxylic acid groups (broad SMARTS) is 1. The third kappa shape index (κ3) is 3.10. The number of benzene rings is 1. The fourth-order valence-corrected chi connectivity index (χ4v) is 2.55. The molecule has 0 atom stereocenters. The number of rotatable bonds is 3. The topological polar surface area (TPSA) is 40.5 Å². The van der Waals surface area contributed by atoms with E-state index in [1.54, 1.807) is 0 Å². The predicted molar refractivity (Wildman–Crippen MR) is 71.6 cm³/mol. The molecule has 1 N–H and O–H groups in total. The van der Waals surface area contributed by atoms with E-state index in [-0.39, 0.29) is 5.92 Å². The molecule has 0 unspecified atom stereocenters. The van der Waals surface area contributed by atoms with Crippen LogP contribution in [-0.2, 0) is 11.3 Å². The van der Waals surface area contributed by atoms with Gasteiger partial charge in [0, 0.05) is 6.54 Å². The lowest BCUT2D eigenvalue weighted by atomic mass is 9.96. The maximum absolute atomic E-state index is 10.9. The smallest absolute Gasteiger partial charge is 0.306 e. The lowest BCUT2D eigenvalue weighted by molar-refractivity contribution is -0.143. The van der Waals surface area contributed by atoms with Crippen LogP contribution in [0.3, 0.4) is 0 Å². The van der Waals surface area contributed by atoms with E-state index in [2.05, 4.69) is 36.9 Å². The van der Waals surface area contributed by atoms with Gasteiger partial charge >= 0.3 is 5.97 Å². The van der Waals surface area contributed by atoms with Crippen molar-refractivity contribution in [2.24, 2.45) is 5.92 Å². The van der Waals surface area contributed by atoms with Crippen LogP contribution in [-0.4, -0.2) is 29.1 Å². The SMILES string of the molecule is Cc1ccc(C)c(CN2CCC(C(=O)O)CC2)c1. The molecule has 98 valence electrons. The third-order valence-corrected chi connectivity index (χ3v) is 3.84. The average Bonchev–Trinajstić information content (AvgIpc) is 2.34. The number of likely N-dealkylation sites (tertiary alicyclic amines) is 1. The van der Waals surface area contributed by atoms with Gasteiger partial charge in [0.25, 0.3) is 0 Å². The van der Waals surface area contributed by atoms with Crippen LogP contribution in [0.5, 0.6) is 0 Å². The zero-order valence-electron chi connectivity index (χ0n) is 11.1. The summed E-state index contributed by atoms with van der Waals surface area (Å²) in [6, 6.07) is 6.53. The Kier molecular flexibility index (Phi) is 4.02. The number of aliphatic carboxylic acids is 1. The van der Waals surface area contributed by atoms with E-state index in [1.165, 1.54) is 16.7 Å². The molecule has 3 heteroatoms. The average molecular weight is 247 g/mol. The molecule has 0 bridgehead atoms. The van der Waals surface area contributed by atoms with Crippen molar-refractivity contribution in [3.8, 4) is 0 Å². The normalized spacial score (nSPS) is 17.9. The lowest BCUT2D eigenvalue weighted by Crippen LogP contribution is -2.36. The Balaban J connectivity index is 1.95. The van der Waals surface area contributed by atoms with Crippen molar-refractivity contribution in [1.29, 1.82) is 0 Å². The largest absolute Gasteiger partial charge is 0.481 e. The van der Waals surface area contributed by atoms with E-state index in [4.69, 9.17) is 5.11 Å². The minimum absolute atomic E-state index is 0.139. The van der Waals surface area contributed by atoms with Crippen LogP contribution in [0.4, 0.5) is 0 Å². The molecule has 0 saturated carbocycles. The highest BCUT2D eigenvalue weighted by molar-refractivity contribution is 5.70. The standard InChI is InChI=1S/C15H21NO2/c1-11-3-4-12(2)14(9-11)10-16-7-5-13(6-8-16)15(17)18/h3-4,9,13H,5-8,10H2,1-2H3,(H,17,18). The number of hydrogen-bond donors (Lipinski definition) is 1. The molecule has 1 aromatic rings. The van der Waals surface area contributed by atoms with Gasteiger partial charge in [-0.25, -0.2) is 0 Å². The van der Waals surface area contributed by atoms with Crippen LogP contribution >= 0.6 is 0 Å². The molecule has 1 saturated heterocycles. The number of aryl methyl sites for hydroxylation is 2. The monoisotopic (exact) mass is 247 g/mol. The number of hydrogen-bond acceptors (Lipinski definition) is 2. The van der Waals surface area contributed by atoms with Crippen molar-refractivity contribution in [3.05, 3.63) is 34.9 Å². The summed E-state index contributed by atoms with van der Waals surface area (Å²) in [6.07, 6.45) is 1.56. The van der Waals surface area contributed by atoms with Crippen LogP contribution in [0.2, 0.25) is 0 Å². The summed E-state index contributed by atoms with van der Waals surface area (Å²) in [5.74, 6) is -0.777. The van der Waals surface area contributed by atoms with Crippen molar-refractivity contribution in [2.75, 3.05) is 13.1 Å². The Hall–Kier alpha value is -1.35. The van der Waals surface area contributed by atoms with Crippen LogP contribution < -0.4 is 0 Å². The first-order valence-corrected chi connectivity index (χ1v) is 6.57. The van der Waals surface area contributed by atoms with E-state index < -0.39 is 5.97 Å². The highest BCUT2D eigenvalue weighted by Gasteiger charge is 2.24. The second-order valence-electron chi connectivity index (χ2n) is 5.32. The van der Waals surface area contributed by atoms with Crippen LogP contribution in [0, 0.1) is 19.8 Å². The summed E-state index contributed by atoms with van der Waals surface area (Å²) >= 11 is 0. The number of carboxylic acids is 1. The minimum Gasteiger partial charge on any atom is -0.481 e. The molecule has 1 aliphatic rings. The summed E-state index contributed by atoms with van der Waals surface area (Å²) < 4.78 is 0. The van der Waals surface area contributed by atoms with Gasteiger partial charge in [0.1, 0.15) is 0 Å². The van der Waals surface area contributed by atoms with Crippen molar-refractivity contribution in [2.45, 2.75) is 33.2 Å². The summed E-state index contributed by atoms with van der Waals surface area (Å²) in [5.41, 5.74) is 3.97. The molecule has 0 spiro atoms. The Bertz CT molecular complexity index is 434. The van der Waals surface area contributed by atoms with Crippen LogP contribution in [0.1, 0.15) is 29.5 Å². The molecule has 3 nitrogen and oxygen atoms in total. The predicted octanol–water partition coefficient (Wildman–Crippen LogP) is 2.60. The van der Waals surface area contributed by atoms with Crippen LogP contribution in [0.15, 0.2) is 18.2 Å². The van der Waals surface area contributed by atoms with Gasteiger partial charge in [0.2, 0.25) is 0 Å². The molecule has 1 fully saturated rings. The zero-order chi connectivity index (χ0) is 13.1. The molecule has 0 aliphatic carbocycles. The van der Waals surface area contributed by atoms with Gasteiger partial charge in [0.15, 0.2) is 0 Å². The van der Waals surface area contributed by atoms with Crippen molar-refractivity contribution in [3.63, 3.8) is 0 Å². The van der Waals surface area contributed by atoms with Gasteiger partial charge < -0.3 is 5.11 Å². The van der Waals surface area contributed by atoms with E-state index in [0.717, 1.165) is 32.5 Å². The van der Waals surface area contributed by atoms with E-state index in [9.17, 15) is 4.79 Å². The van der Waals surface area contributed by atoms with E-state index in [0.29, 0.717) is 0 Å². The number of nitrogens with zero attached hydrogens (tertiary/aromatic N) is 1. The molecule has 0 aromatic heterocycles. The van der Waals surface area contributed by atoms with Crippen molar-refractivity contribution >= 4 is 5.97 Å². The van der Waals surface area contributed by atoms with Crippen LogP contribution in [0.25, 0.3) is 0 Å². The Morgan fingerprint density at radius 3 is 2.61 bits per heavy atom. The van der Waals surface area contributed by atoms with Gasteiger partial charge in [-0.3, -0.25) is 9.69 Å². The second kappa shape index (κ2) is 5.53. The number of carbonyl (C=O) groups is 1. The van der Waals surface area contributed by atoms with E-state index >= 15 is 0 Å². The molecular weight excluding hydrogens is 226 g/mol. The first-order valence-electron chi connectivity index (χ1n) is 6.57. The molecule has 1 aromatic carbocycles. The lowest BCUT2D eigenvalue weighted by Gasteiger charge is -2.30. The first kappa shape index (κ1) is 13.1. The Labute approximate surface area is 108 Å².